The summed E-state index contributed by atoms with van der Waals surface area (Å²) >= 11 is 0. The van der Waals surface area contributed by atoms with Gasteiger partial charge in [0.15, 0.2) is 6.10 Å². The van der Waals surface area contributed by atoms with Crippen LogP contribution in [0.2, 0.25) is 0 Å². The first-order chi connectivity index (χ1) is 12.9. The molecule has 7 heteroatoms. The van der Waals surface area contributed by atoms with E-state index in [0.717, 1.165) is 12.8 Å². The highest BCUT2D eigenvalue weighted by molar-refractivity contribution is 5.99. The summed E-state index contributed by atoms with van der Waals surface area (Å²) in [6.07, 6.45) is 5.57. The van der Waals surface area contributed by atoms with Crippen molar-refractivity contribution in [1.82, 2.24) is 10.3 Å². The fraction of sp³-hybridized carbons (Fsp3) is 0.650. The lowest BCUT2D eigenvalue weighted by atomic mass is 9.89. The monoisotopic (exact) mass is 378 g/mol. The number of nitrogens with one attached hydrogen (secondary N) is 2. The summed E-state index contributed by atoms with van der Waals surface area (Å²) in [5, 5.41) is 2.88. The molecule has 0 spiro atoms. The molecule has 1 saturated carbocycles. The Morgan fingerprint density at radius 3 is 2.44 bits per heavy atom. The molecular weight excluding hydrogens is 348 g/mol. The lowest BCUT2D eigenvalue weighted by Crippen LogP contribution is -2.38. The van der Waals surface area contributed by atoms with Gasteiger partial charge < -0.3 is 19.8 Å². The van der Waals surface area contributed by atoms with Crippen LogP contribution in [0.3, 0.4) is 0 Å². The minimum absolute atomic E-state index is 0.180. The summed E-state index contributed by atoms with van der Waals surface area (Å²) in [6, 6.07) is 0. The Morgan fingerprint density at radius 2 is 1.85 bits per heavy atom. The quantitative estimate of drug-likeness (QED) is 0.711. The van der Waals surface area contributed by atoms with Crippen LogP contribution in [0.25, 0.3) is 0 Å². The van der Waals surface area contributed by atoms with E-state index >= 15 is 0 Å². The van der Waals surface area contributed by atoms with E-state index in [1.165, 1.54) is 26.4 Å². The molecule has 2 N–H and O–H groups in total. The van der Waals surface area contributed by atoms with Gasteiger partial charge in [0.05, 0.1) is 12.7 Å². The fourth-order valence-corrected chi connectivity index (χ4v) is 3.56. The summed E-state index contributed by atoms with van der Waals surface area (Å²) in [7, 11) is 1.30. The first-order valence-corrected chi connectivity index (χ1v) is 9.67. The molecule has 1 amide bonds. The number of aryl methyl sites for hydroxylation is 1. The molecule has 1 unspecified atom stereocenters. The molecule has 27 heavy (non-hydrogen) atoms. The van der Waals surface area contributed by atoms with Crippen LogP contribution in [0.15, 0.2) is 0 Å². The van der Waals surface area contributed by atoms with Crippen molar-refractivity contribution in [2.45, 2.75) is 65.4 Å². The lowest BCUT2D eigenvalue weighted by Gasteiger charge is -2.22. The molecule has 0 aliphatic heterocycles. The zero-order valence-corrected chi connectivity index (χ0v) is 16.6. The van der Waals surface area contributed by atoms with Crippen LogP contribution in [-0.4, -0.2) is 42.6 Å². The number of carbonyl (C=O) groups is 3. The molecule has 0 aromatic carbocycles. The standard InChI is InChI=1S/C20H30N2O5/c1-5-15-16(19(24)26-4)12(2)17(22-15)20(25)27-13(3)18(23)21-11-14-9-7-6-8-10-14/h13-14,22H,5-11H2,1-4H3,(H,21,23). The molecule has 0 radical (unpaired) electrons. The third-order valence-corrected chi connectivity index (χ3v) is 5.22. The van der Waals surface area contributed by atoms with Crippen LogP contribution in [0.5, 0.6) is 0 Å². The van der Waals surface area contributed by atoms with Gasteiger partial charge in [-0.2, -0.15) is 0 Å². The zero-order chi connectivity index (χ0) is 20.0. The molecule has 1 aliphatic carbocycles. The first-order valence-electron chi connectivity index (χ1n) is 9.67. The molecule has 1 atom stereocenters. The van der Waals surface area contributed by atoms with Crippen molar-refractivity contribution in [2.24, 2.45) is 5.92 Å². The predicted octanol–water partition coefficient (Wildman–Crippen LogP) is 2.91. The van der Waals surface area contributed by atoms with Gasteiger partial charge in [0, 0.05) is 12.2 Å². The number of H-pyrrole nitrogens is 1. The van der Waals surface area contributed by atoms with Crippen LogP contribution in [0, 0.1) is 12.8 Å². The number of amides is 1. The van der Waals surface area contributed by atoms with Crippen molar-refractivity contribution in [2.75, 3.05) is 13.7 Å². The van der Waals surface area contributed by atoms with E-state index in [2.05, 4.69) is 10.3 Å². The van der Waals surface area contributed by atoms with Gasteiger partial charge >= 0.3 is 11.9 Å². The number of aromatic nitrogens is 1. The molecule has 1 heterocycles. The maximum Gasteiger partial charge on any atom is 0.355 e. The van der Waals surface area contributed by atoms with Crippen LogP contribution in [-0.2, 0) is 20.7 Å². The average molecular weight is 378 g/mol. The van der Waals surface area contributed by atoms with Gasteiger partial charge in [-0.05, 0) is 44.6 Å². The maximum absolute atomic E-state index is 12.5. The molecule has 1 fully saturated rings. The van der Waals surface area contributed by atoms with E-state index in [-0.39, 0.29) is 11.6 Å². The Morgan fingerprint density at radius 1 is 1.19 bits per heavy atom. The van der Waals surface area contributed by atoms with Crippen LogP contribution in [0.4, 0.5) is 0 Å². The highest BCUT2D eigenvalue weighted by Crippen LogP contribution is 2.23. The lowest BCUT2D eigenvalue weighted by molar-refractivity contribution is -0.129. The summed E-state index contributed by atoms with van der Waals surface area (Å²) in [5.74, 6) is -0.955. The van der Waals surface area contributed by atoms with Crippen molar-refractivity contribution in [1.29, 1.82) is 0 Å². The van der Waals surface area contributed by atoms with Crippen molar-refractivity contribution in [3.05, 3.63) is 22.5 Å². The zero-order valence-electron chi connectivity index (χ0n) is 16.6. The van der Waals surface area contributed by atoms with Crippen molar-refractivity contribution < 1.29 is 23.9 Å². The minimum Gasteiger partial charge on any atom is -0.465 e. The third kappa shape index (κ3) is 5.11. The number of hydrogen-bond acceptors (Lipinski definition) is 5. The Balaban J connectivity index is 1.98. The van der Waals surface area contributed by atoms with Gasteiger partial charge in [-0.25, -0.2) is 9.59 Å². The van der Waals surface area contributed by atoms with E-state index in [9.17, 15) is 14.4 Å². The number of aromatic amines is 1. The summed E-state index contributed by atoms with van der Waals surface area (Å²) in [6.45, 7) is 5.70. The van der Waals surface area contributed by atoms with Gasteiger partial charge in [-0.1, -0.05) is 26.2 Å². The van der Waals surface area contributed by atoms with E-state index in [4.69, 9.17) is 9.47 Å². The normalized spacial score (nSPS) is 15.9. The number of rotatable bonds is 7. The molecule has 2 rings (SSSR count). The SMILES string of the molecule is CCc1[nH]c(C(=O)OC(C)C(=O)NCC2CCCCC2)c(C)c1C(=O)OC. The summed E-state index contributed by atoms with van der Waals surface area (Å²) < 4.78 is 10.1. The largest absolute Gasteiger partial charge is 0.465 e. The molecule has 1 aliphatic rings. The number of hydrogen-bond donors (Lipinski definition) is 2. The third-order valence-electron chi connectivity index (χ3n) is 5.22. The second kappa shape index (κ2) is 9.58. The Kier molecular flexibility index (Phi) is 7.45. The molecule has 0 saturated heterocycles. The molecule has 7 nitrogen and oxygen atoms in total. The van der Waals surface area contributed by atoms with Gasteiger partial charge in [-0.15, -0.1) is 0 Å². The molecule has 150 valence electrons. The Bertz CT molecular complexity index is 689. The molecule has 0 bridgehead atoms. The van der Waals surface area contributed by atoms with Crippen LogP contribution < -0.4 is 5.32 Å². The average Bonchev–Trinajstić information content (AvgIpc) is 3.02. The van der Waals surface area contributed by atoms with Gasteiger partial charge in [-0.3, -0.25) is 4.79 Å². The topological polar surface area (TPSA) is 97.5 Å². The second-order valence-corrected chi connectivity index (χ2v) is 7.12. The van der Waals surface area contributed by atoms with Gasteiger partial charge in [0.1, 0.15) is 5.69 Å². The predicted molar refractivity (Wildman–Crippen MR) is 101 cm³/mol. The van der Waals surface area contributed by atoms with Crippen molar-refractivity contribution in [3.63, 3.8) is 0 Å². The number of ether oxygens (including phenoxy) is 2. The minimum atomic E-state index is -0.907. The van der Waals surface area contributed by atoms with E-state index in [1.54, 1.807) is 13.8 Å². The highest BCUT2D eigenvalue weighted by atomic mass is 16.5. The van der Waals surface area contributed by atoms with Crippen molar-refractivity contribution in [3.8, 4) is 0 Å². The van der Waals surface area contributed by atoms with E-state index < -0.39 is 18.0 Å². The molecular formula is C20H30N2O5. The van der Waals surface area contributed by atoms with Crippen LogP contribution in [0.1, 0.15) is 78.1 Å². The van der Waals surface area contributed by atoms with E-state index in [1.807, 2.05) is 6.92 Å². The van der Waals surface area contributed by atoms with Crippen molar-refractivity contribution >= 4 is 17.8 Å². The highest BCUT2D eigenvalue weighted by Gasteiger charge is 2.27. The first kappa shape index (κ1) is 21.0. The Labute approximate surface area is 160 Å². The molecule has 1 aromatic heterocycles. The number of carbonyl (C=O) groups excluding carboxylic acids is 3. The van der Waals surface area contributed by atoms with Gasteiger partial charge in [0.25, 0.3) is 5.91 Å². The summed E-state index contributed by atoms with van der Waals surface area (Å²) in [5.41, 5.74) is 1.61. The Hall–Kier alpha value is -2.31. The smallest absolute Gasteiger partial charge is 0.355 e. The molecule has 1 aromatic rings. The second-order valence-electron chi connectivity index (χ2n) is 7.12. The number of esters is 2. The number of methoxy groups -OCH3 is 1. The van der Waals surface area contributed by atoms with Crippen LogP contribution >= 0.6 is 0 Å². The van der Waals surface area contributed by atoms with E-state index in [0.29, 0.717) is 35.7 Å². The maximum atomic E-state index is 12.5. The van der Waals surface area contributed by atoms with Gasteiger partial charge in [0.2, 0.25) is 0 Å². The summed E-state index contributed by atoms with van der Waals surface area (Å²) in [4.78, 5) is 39.6. The fourth-order valence-electron chi connectivity index (χ4n) is 3.56.